The Labute approximate surface area is 120 Å². The molecule has 0 atom stereocenters. The number of amides is 1. The predicted molar refractivity (Wildman–Crippen MR) is 74.3 cm³/mol. The number of carboxylic acid groups (broad SMARTS) is 1. The van der Waals surface area contributed by atoms with Crippen LogP contribution in [0.2, 0.25) is 0 Å². The summed E-state index contributed by atoms with van der Waals surface area (Å²) in [5.41, 5.74) is -1.17. The van der Waals surface area contributed by atoms with Crippen molar-refractivity contribution in [3.05, 3.63) is 0 Å². The number of hydrogen-bond donors (Lipinski definition) is 2. The van der Waals surface area contributed by atoms with Gasteiger partial charge in [0.05, 0.1) is 17.4 Å². The van der Waals surface area contributed by atoms with E-state index in [0.717, 1.165) is 38.5 Å². The van der Waals surface area contributed by atoms with Crippen LogP contribution in [0.1, 0.15) is 51.4 Å². The molecule has 2 fully saturated rings. The Bertz CT molecular complexity index is 370. The number of carbonyl (C=O) groups excluding carboxylic acids is 1. The standard InChI is InChI=1S/C15H25NO4/c1-20-11-15(8-5-9-15)12(17)16-10-14(13(18)19)6-3-2-4-7-14/h2-11H2,1H3,(H,16,17)(H,18,19). The average molecular weight is 283 g/mol. The van der Waals surface area contributed by atoms with E-state index in [0.29, 0.717) is 19.4 Å². The molecule has 0 heterocycles. The van der Waals surface area contributed by atoms with E-state index in [1.54, 1.807) is 7.11 Å². The third-order valence-corrected chi connectivity index (χ3v) is 5.06. The van der Waals surface area contributed by atoms with Crippen LogP contribution >= 0.6 is 0 Å². The van der Waals surface area contributed by atoms with Crippen molar-refractivity contribution >= 4 is 11.9 Å². The van der Waals surface area contributed by atoms with Gasteiger partial charge in [0.25, 0.3) is 0 Å². The molecular weight excluding hydrogens is 258 g/mol. The number of carboxylic acids is 1. The van der Waals surface area contributed by atoms with Crippen molar-refractivity contribution in [1.29, 1.82) is 0 Å². The number of ether oxygens (including phenoxy) is 1. The molecule has 5 nitrogen and oxygen atoms in total. The van der Waals surface area contributed by atoms with Crippen molar-refractivity contribution in [3.63, 3.8) is 0 Å². The van der Waals surface area contributed by atoms with Crippen LogP contribution in [0, 0.1) is 10.8 Å². The summed E-state index contributed by atoms with van der Waals surface area (Å²) in [6.07, 6.45) is 7.02. The van der Waals surface area contributed by atoms with Crippen LogP contribution in [0.3, 0.4) is 0 Å². The topological polar surface area (TPSA) is 75.6 Å². The summed E-state index contributed by atoms with van der Waals surface area (Å²) < 4.78 is 5.16. The summed E-state index contributed by atoms with van der Waals surface area (Å²) in [5.74, 6) is -0.802. The second kappa shape index (κ2) is 6.12. The van der Waals surface area contributed by atoms with Gasteiger partial charge in [0.15, 0.2) is 0 Å². The highest BCUT2D eigenvalue weighted by atomic mass is 16.5. The molecule has 0 saturated heterocycles. The highest BCUT2D eigenvalue weighted by Gasteiger charge is 2.46. The van der Waals surface area contributed by atoms with Crippen LogP contribution in [0.5, 0.6) is 0 Å². The molecule has 0 radical (unpaired) electrons. The van der Waals surface area contributed by atoms with Gasteiger partial charge in [-0.25, -0.2) is 0 Å². The molecule has 2 aliphatic carbocycles. The van der Waals surface area contributed by atoms with E-state index < -0.39 is 16.8 Å². The first-order chi connectivity index (χ1) is 9.55. The maximum absolute atomic E-state index is 12.4. The van der Waals surface area contributed by atoms with E-state index in [1.807, 2.05) is 0 Å². The lowest BCUT2D eigenvalue weighted by molar-refractivity contribution is -0.152. The van der Waals surface area contributed by atoms with Gasteiger partial charge in [-0.1, -0.05) is 25.7 Å². The van der Waals surface area contributed by atoms with Crippen LogP contribution in [0.4, 0.5) is 0 Å². The smallest absolute Gasteiger partial charge is 0.311 e. The molecule has 2 saturated carbocycles. The van der Waals surface area contributed by atoms with Crippen molar-refractivity contribution in [3.8, 4) is 0 Å². The Morgan fingerprint density at radius 1 is 1.05 bits per heavy atom. The Balaban J connectivity index is 1.95. The molecule has 0 aromatic carbocycles. The maximum atomic E-state index is 12.4. The molecule has 0 bridgehead atoms. The van der Waals surface area contributed by atoms with Gasteiger partial charge in [0.2, 0.25) is 5.91 Å². The second-order valence-corrected chi connectivity index (χ2v) is 6.40. The Morgan fingerprint density at radius 2 is 1.65 bits per heavy atom. The van der Waals surface area contributed by atoms with Gasteiger partial charge in [-0.15, -0.1) is 0 Å². The number of nitrogens with one attached hydrogen (secondary N) is 1. The number of carbonyl (C=O) groups is 2. The summed E-state index contributed by atoms with van der Waals surface area (Å²) in [7, 11) is 1.60. The largest absolute Gasteiger partial charge is 0.481 e. The Hall–Kier alpha value is -1.10. The second-order valence-electron chi connectivity index (χ2n) is 6.40. The molecule has 0 spiro atoms. The zero-order chi connectivity index (χ0) is 14.6. The number of methoxy groups -OCH3 is 1. The van der Waals surface area contributed by atoms with E-state index in [4.69, 9.17) is 4.74 Å². The Kier molecular flexibility index (Phi) is 4.68. The van der Waals surface area contributed by atoms with Gasteiger partial charge in [-0.05, 0) is 25.7 Å². The molecular formula is C15H25NO4. The monoisotopic (exact) mass is 283 g/mol. The summed E-state index contributed by atoms with van der Waals surface area (Å²) in [6, 6.07) is 0. The van der Waals surface area contributed by atoms with Gasteiger partial charge >= 0.3 is 5.97 Å². The lowest BCUT2D eigenvalue weighted by Crippen LogP contribution is -2.52. The fraction of sp³-hybridized carbons (Fsp3) is 0.867. The normalized spacial score (nSPS) is 23.6. The molecule has 2 rings (SSSR count). The van der Waals surface area contributed by atoms with Crippen LogP contribution in [-0.4, -0.2) is 37.2 Å². The SMILES string of the molecule is COCC1(C(=O)NCC2(C(=O)O)CCCCC2)CCC1. The van der Waals surface area contributed by atoms with Crippen LogP contribution in [0.15, 0.2) is 0 Å². The van der Waals surface area contributed by atoms with E-state index in [9.17, 15) is 14.7 Å². The van der Waals surface area contributed by atoms with Crippen molar-refractivity contribution in [2.45, 2.75) is 51.4 Å². The predicted octanol–water partition coefficient (Wildman–Crippen LogP) is 1.95. The zero-order valence-corrected chi connectivity index (χ0v) is 12.2. The first kappa shape index (κ1) is 15.3. The van der Waals surface area contributed by atoms with Gasteiger partial charge in [-0.2, -0.15) is 0 Å². The molecule has 2 N–H and O–H groups in total. The summed E-state index contributed by atoms with van der Waals surface area (Å²) in [5, 5.41) is 12.4. The van der Waals surface area contributed by atoms with Crippen molar-refractivity contribution in [2.24, 2.45) is 10.8 Å². The van der Waals surface area contributed by atoms with Crippen LogP contribution in [-0.2, 0) is 14.3 Å². The third kappa shape index (κ3) is 2.82. The Morgan fingerprint density at radius 3 is 2.10 bits per heavy atom. The molecule has 114 valence electrons. The van der Waals surface area contributed by atoms with Gasteiger partial charge in [0, 0.05) is 13.7 Å². The molecule has 0 aromatic rings. The van der Waals surface area contributed by atoms with Gasteiger partial charge in [-0.3, -0.25) is 9.59 Å². The lowest BCUT2D eigenvalue weighted by Gasteiger charge is -2.41. The van der Waals surface area contributed by atoms with Crippen molar-refractivity contribution < 1.29 is 19.4 Å². The third-order valence-electron chi connectivity index (χ3n) is 5.06. The minimum absolute atomic E-state index is 0.0307. The van der Waals surface area contributed by atoms with Crippen molar-refractivity contribution in [1.82, 2.24) is 5.32 Å². The average Bonchev–Trinajstić information content (AvgIpc) is 2.41. The minimum Gasteiger partial charge on any atom is -0.481 e. The molecule has 1 amide bonds. The molecule has 0 aliphatic heterocycles. The maximum Gasteiger partial charge on any atom is 0.311 e. The summed E-state index contributed by atoms with van der Waals surface area (Å²) in [6.45, 7) is 0.686. The van der Waals surface area contributed by atoms with Gasteiger partial charge in [0.1, 0.15) is 0 Å². The first-order valence-electron chi connectivity index (χ1n) is 7.55. The fourth-order valence-corrected chi connectivity index (χ4v) is 3.45. The summed E-state index contributed by atoms with van der Waals surface area (Å²) >= 11 is 0. The van der Waals surface area contributed by atoms with Crippen LogP contribution < -0.4 is 5.32 Å². The van der Waals surface area contributed by atoms with E-state index in [1.165, 1.54) is 0 Å². The van der Waals surface area contributed by atoms with E-state index >= 15 is 0 Å². The molecule has 0 unspecified atom stereocenters. The summed E-state index contributed by atoms with van der Waals surface area (Å²) in [4.78, 5) is 23.9. The molecule has 0 aromatic heterocycles. The highest BCUT2D eigenvalue weighted by Crippen LogP contribution is 2.42. The number of rotatable bonds is 6. The number of hydrogen-bond acceptors (Lipinski definition) is 3. The van der Waals surface area contributed by atoms with Crippen LogP contribution in [0.25, 0.3) is 0 Å². The highest BCUT2D eigenvalue weighted by molar-refractivity contribution is 5.84. The van der Waals surface area contributed by atoms with Crippen molar-refractivity contribution in [2.75, 3.05) is 20.3 Å². The number of aliphatic carboxylic acids is 1. The van der Waals surface area contributed by atoms with E-state index in [2.05, 4.69) is 5.32 Å². The lowest BCUT2D eigenvalue weighted by atomic mass is 9.68. The first-order valence-corrected chi connectivity index (χ1v) is 7.55. The zero-order valence-electron chi connectivity index (χ0n) is 12.2. The minimum atomic E-state index is -0.771. The van der Waals surface area contributed by atoms with E-state index in [-0.39, 0.29) is 12.5 Å². The molecule has 2 aliphatic rings. The quantitative estimate of drug-likeness (QED) is 0.781. The van der Waals surface area contributed by atoms with Gasteiger partial charge < -0.3 is 15.2 Å². The fourth-order valence-electron chi connectivity index (χ4n) is 3.45. The molecule has 5 heteroatoms. The molecule has 20 heavy (non-hydrogen) atoms.